The second kappa shape index (κ2) is 11.3. The topological polar surface area (TPSA) is 116 Å². The highest BCUT2D eigenvalue weighted by molar-refractivity contribution is 8.18. The van der Waals surface area contributed by atoms with Gasteiger partial charge in [0.15, 0.2) is 17.3 Å². The molecule has 0 aliphatic carbocycles. The van der Waals surface area contributed by atoms with Crippen molar-refractivity contribution in [2.45, 2.75) is 6.61 Å². The van der Waals surface area contributed by atoms with E-state index >= 15 is 0 Å². The summed E-state index contributed by atoms with van der Waals surface area (Å²) in [6.07, 6.45) is 1.53. The number of methoxy groups -OCH3 is 1. The number of benzene rings is 3. The zero-order valence-electron chi connectivity index (χ0n) is 19.4. The minimum Gasteiger partial charge on any atom is -0.493 e. The molecule has 0 atom stereocenters. The van der Waals surface area contributed by atoms with Crippen molar-refractivity contribution < 1.29 is 28.8 Å². The zero-order chi connectivity index (χ0) is 26.5. The van der Waals surface area contributed by atoms with E-state index in [1.807, 2.05) is 12.1 Å². The molecule has 9 nitrogen and oxygen atoms in total. The fourth-order valence-corrected chi connectivity index (χ4v) is 4.39. The van der Waals surface area contributed by atoms with Crippen molar-refractivity contribution in [3.05, 3.63) is 103 Å². The molecule has 3 aromatic rings. The molecule has 0 unspecified atom stereocenters. The van der Waals surface area contributed by atoms with E-state index in [4.69, 9.17) is 21.1 Å². The smallest absolute Gasteiger partial charge is 0.293 e. The van der Waals surface area contributed by atoms with Crippen molar-refractivity contribution in [3.63, 3.8) is 0 Å². The number of carbonyl (C=O) groups is 3. The Bertz CT molecular complexity index is 1410. The summed E-state index contributed by atoms with van der Waals surface area (Å²) >= 11 is 6.63. The van der Waals surface area contributed by atoms with Gasteiger partial charge in [-0.3, -0.25) is 29.4 Å². The SMILES string of the molecule is COc1cc(/C=C2/SC(=O)N(CC(=O)c3ccc([N+](=O)[O-])cc3)C2=O)ccc1OCc1ccc(Cl)cc1. The molecule has 0 spiro atoms. The van der Waals surface area contributed by atoms with Gasteiger partial charge in [0.1, 0.15) is 6.61 Å². The van der Waals surface area contributed by atoms with Crippen LogP contribution in [0.2, 0.25) is 5.02 Å². The van der Waals surface area contributed by atoms with Gasteiger partial charge in [0, 0.05) is 22.7 Å². The predicted molar refractivity (Wildman–Crippen MR) is 139 cm³/mol. The molecule has 2 amide bonds. The highest BCUT2D eigenvalue weighted by Crippen LogP contribution is 2.35. The number of nitrogens with zero attached hydrogens (tertiary/aromatic N) is 2. The van der Waals surface area contributed by atoms with Crippen molar-refractivity contribution >= 4 is 52.1 Å². The van der Waals surface area contributed by atoms with Crippen molar-refractivity contribution in [1.29, 1.82) is 0 Å². The van der Waals surface area contributed by atoms with Gasteiger partial charge < -0.3 is 9.47 Å². The molecule has 0 bridgehead atoms. The summed E-state index contributed by atoms with van der Waals surface area (Å²) in [5.41, 5.74) is 1.52. The van der Waals surface area contributed by atoms with E-state index in [1.165, 1.54) is 37.5 Å². The molecule has 11 heteroatoms. The Labute approximate surface area is 220 Å². The van der Waals surface area contributed by atoms with Gasteiger partial charge in [-0.05, 0) is 65.4 Å². The molecule has 1 aliphatic heterocycles. The summed E-state index contributed by atoms with van der Waals surface area (Å²) in [5, 5.41) is 10.8. The first-order chi connectivity index (χ1) is 17.7. The number of hydrogen-bond acceptors (Lipinski definition) is 8. The molecule has 3 aromatic carbocycles. The number of rotatable bonds is 9. The van der Waals surface area contributed by atoms with E-state index in [0.717, 1.165) is 22.2 Å². The minimum atomic E-state index is -0.604. The van der Waals surface area contributed by atoms with Crippen LogP contribution >= 0.6 is 23.4 Å². The van der Waals surface area contributed by atoms with Crippen molar-refractivity contribution in [2.75, 3.05) is 13.7 Å². The van der Waals surface area contributed by atoms with Crippen LogP contribution in [-0.4, -0.2) is 40.4 Å². The highest BCUT2D eigenvalue weighted by Gasteiger charge is 2.36. The summed E-state index contributed by atoms with van der Waals surface area (Å²) in [5.74, 6) is -0.179. The maximum absolute atomic E-state index is 12.8. The number of thioether (sulfide) groups is 1. The quantitative estimate of drug-likeness (QED) is 0.146. The molecular weight excluding hydrogens is 520 g/mol. The number of hydrogen-bond donors (Lipinski definition) is 0. The van der Waals surface area contributed by atoms with Crippen LogP contribution in [0.15, 0.2) is 71.6 Å². The van der Waals surface area contributed by atoms with Gasteiger partial charge in [0.2, 0.25) is 0 Å². The molecule has 188 valence electrons. The number of non-ortho nitro benzene ring substituents is 1. The Morgan fingerprint density at radius 3 is 2.41 bits per heavy atom. The summed E-state index contributed by atoms with van der Waals surface area (Å²) in [4.78, 5) is 49.1. The molecule has 37 heavy (non-hydrogen) atoms. The van der Waals surface area contributed by atoms with E-state index in [9.17, 15) is 24.5 Å². The van der Waals surface area contributed by atoms with Crippen LogP contribution in [0.5, 0.6) is 11.5 Å². The highest BCUT2D eigenvalue weighted by atomic mass is 35.5. The van der Waals surface area contributed by atoms with Gasteiger partial charge in [-0.2, -0.15) is 0 Å². The lowest BCUT2D eigenvalue weighted by Crippen LogP contribution is -2.33. The number of halogens is 1. The summed E-state index contributed by atoms with van der Waals surface area (Å²) in [6.45, 7) is -0.171. The van der Waals surface area contributed by atoms with E-state index < -0.39 is 28.4 Å². The van der Waals surface area contributed by atoms with Gasteiger partial charge in [-0.15, -0.1) is 0 Å². The number of imide groups is 1. The molecular formula is C26H19ClN2O7S. The molecule has 0 aromatic heterocycles. The van der Waals surface area contributed by atoms with Crippen LogP contribution in [0.1, 0.15) is 21.5 Å². The van der Waals surface area contributed by atoms with E-state index in [0.29, 0.717) is 28.7 Å². The third-order valence-electron chi connectivity index (χ3n) is 5.37. The van der Waals surface area contributed by atoms with Gasteiger partial charge in [0.25, 0.3) is 16.8 Å². The second-order valence-corrected chi connectivity index (χ2v) is 9.25. The third-order valence-corrected chi connectivity index (χ3v) is 6.53. The van der Waals surface area contributed by atoms with Gasteiger partial charge >= 0.3 is 0 Å². The Balaban J connectivity index is 1.44. The van der Waals surface area contributed by atoms with Crippen LogP contribution in [0, 0.1) is 10.1 Å². The summed E-state index contributed by atoms with van der Waals surface area (Å²) < 4.78 is 11.3. The average molecular weight is 539 g/mol. The van der Waals surface area contributed by atoms with Crippen LogP contribution in [0.3, 0.4) is 0 Å². The van der Waals surface area contributed by atoms with Crippen LogP contribution in [0.4, 0.5) is 10.5 Å². The molecule has 0 radical (unpaired) electrons. The number of Topliss-reactive ketones (excluding diaryl/α,β-unsaturated/α-hetero) is 1. The van der Waals surface area contributed by atoms with Crippen LogP contribution < -0.4 is 9.47 Å². The third kappa shape index (κ3) is 6.16. The number of ketones is 1. The standard InChI is InChI=1S/C26H19ClN2O7S/c1-35-23-12-17(4-11-22(23)36-15-16-2-7-19(27)8-3-16)13-24-25(31)28(26(32)37-24)14-21(30)18-5-9-20(10-6-18)29(33)34/h2-13H,14-15H2,1H3/b24-13+. The van der Waals surface area contributed by atoms with Crippen molar-refractivity contribution in [1.82, 2.24) is 4.90 Å². The van der Waals surface area contributed by atoms with Gasteiger partial charge in [-0.25, -0.2) is 0 Å². The van der Waals surface area contributed by atoms with Gasteiger partial charge in [0.05, 0.1) is 23.5 Å². The number of amides is 2. The lowest BCUT2D eigenvalue weighted by Gasteiger charge is -2.12. The van der Waals surface area contributed by atoms with E-state index in [1.54, 1.807) is 30.3 Å². The van der Waals surface area contributed by atoms with Crippen LogP contribution in [-0.2, 0) is 11.4 Å². The first kappa shape index (κ1) is 25.9. The molecule has 1 aliphatic rings. The zero-order valence-corrected chi connectivity index (χ0v) is 21.0. The molecule has 1 fully saturated rings. The normalized spacial score (nSPS) is 14.2. The minimum absolute atomic E-state index is 0.151. The molecule has 1 saturated heterocycles. The summed E-state index contributed by atoms with van der Waals surface area (Å²) in [6, 6.07) is 17.3. The molecule has 0 saturated carbocycles. The Morgan fingerprint density at radius 1 is 1.05 bits per heavy atom. The fraction of sp³-hybridized carbons (Fsp3) is 0.115. The first-order valence-corrected chi connectivity index (χ1v) is 12.0. The molecule has 1 heterocycles. The maximum atomic E-state index is 12.8. The van der Waals surface area contributed by atoms with E-state index in [2.05, 4.69) is 0 Å². The number of ether oxygens (including phenoxy) is 2. The Hall–Kier alpha value is -4.15. The lowest BCUT2D eigenvalue weighted by molar-refractivity contribution is -0.384. The average Bonchev–Trinajstić information content (AvgIpc) is 3.15. The van der Waals surface area contributed by atoms with Gasteiger partial charge in [-0.1, -0.05) is 29.8 Å². The predicted octanol–water partition coefficient (Wildman–Crippen LogP) is 5.76. The number of nitro groups is 1. The lowest BCUT2D eigenvalue weighted by atomic mass is 10.1. The number of nitro benzene ring substituents is 1. The van der Waals surface area contributed by atoms with Crippen molar-refractivity contribution in [3.8, 4) is 11.5 Å². The Kier molecular flexibility index (Phi) is 7.90. The van der Waals surface area contributed by atoms with Crippen molar-refractivity contribution in [2.24, 2.45) is 0 Å². The van der Waals surface area contributed by atoms with Crippen LogP contribution in [0.25, 0.3) is 6.08 Å². The molecule has 4 rings (SSSR count). The number of carbonyl (C=O) groups excluding carboxylic acids is 3. The second-order valence-electron chi connectivity index (χ2n) is 7.82. The maximum Gasteiger partial charge on any atom is 0.293 e. The molecule has 0 N–H and O–H groups in total. The monoisotopic (exact) mass is 538 g/mol. The fourth-order valence-electron chi connectivity index (χ4n) is 3.43. The summed E-state index contributed by atoms with van der Waals surface area (Å²) in [7, 11) is 1.49. The Morgan fingerprint density at radius 2 is 1.76 bits per heavy atom. The first-order valence-electron chi connectivity index (χ1n) is 10.8. The van der Waals surface area contributed by atoms with E-state index in [-0.39, 0.29) is 16.2 Å². The largest absolute Gasteiger partial charge is 0.493 e.